The maximum atomic E-state index is 7.59. The van der Waals surface area contributed by atoms with Crippen LogP contribution in [0.25, 0.3) is 0 Å². The van der Waals surface area contributed by atoms with Crippen LogP contribution in [0.15, 0.2) is 24.3 Å². The first-order valence-corrected chi connectivity index (χ1v) is 7.89. The molecule has 0 aliphatic heterocycles. The first kappa shape index (κ1) is 15.5. The normalized spacial score (nSPS) is 10.9. The quantitative estimate of drug-likeness (QED) is 0.631. The summed E-state index contributed by atoms with van der Waals surface area (Å²) in [5, 5.41) is 8.44. The third-order valence-electron chi connectivity index (χ3n) is 3.21. The van der Waals surface area contributed by atoms with E-state index in [0.717, 1.165) is 27.7 Å². The molecule has 2 rings (SSSR count). The van der Waals surface area contributed by atoms with Gasteiger partial charge in [0.1, 0.15) is 23.2 Å². The Morgan fingerprint density at radius 3 is 2.67 bits per heavy atom. The Morgan fingerprint density at radius 2 is 2.10 bits per heavy atom. The second-order valence-electron chi connectivity index (χ2n) is 5.13. The number of amidine groups is 1. The summed E-state index contributed by atoms with van der Waals surface area (Å²) in [6, 6.07) is 8.06. The third-order valence-corrected chi connectivity index (χ3v) is 4.32. The lowest BCUT2D eigenvalue weighted by atomic mass is 10.0. The molecule has 0 unspecified atom stereocenters. The number of para-hydroxylation sites is 1. The topological polar surface area (TPSA) is 72.0 Å². The molecule has 3 N–H and O–H groups in total. The molecule has 5 heteroatoms. The van der Waals surface area contributed by atoms with Gasteiger partial charge in [0.25, 0.3) is 0 Å². The van der Waals surface area contributed by atoms with Crippen molar-refractivity contribution in [3.05, 3.63) is 45.4 Å². The number of nitrogen functional groups attached to an aromatic ring is 1. The molecule has 21 heavy (non-hydrogen) atoms. The van der Waals surface area contributed by atoms with Crippen LogP contribution in [0.2, 0.25) is 0 Å². The van der Waals surface area contributed by atoms with E-state index in [1.165, 1.54) is 16.9 Å². The summed E-state index contributed by atoms with van der Waals surface area (Å²) in [5.74, 6) is 1.39. The molecule has 0 aliphatic rings. The number of hydrogen-bond donors (Lipinski definition) is 2. The largest absolute Gasteiger partial charge is 0.486 e. The molecular formula is C16H21N3OS. The third kappa shape index (κ3) is 3.61. The monoisotopic (exact) mass is 303 g/mol. The van der Waals surface area contributed by atoms with Gasteiger partial charge < -0.3 is 10.5 Å². The number of benzene rings is 1. The van der Waals surface area contributed by atoms with Gasteiger partial charge in [0.05, 0.1) is 10.6 Å². The Labute approximate surface area is 129 Å². The van der Waals surface area contributed by atoms with Crippen LogP contribution in [0.1, 0.15) is 47.8 Å². The van der Waals surface area contributed by atoms with Gasteiger partial charge in [-0.2, -0.15) is 0 Å². The van der Waals surface area contributed by atoms with E-state index in [1.807, 2.05) is 25.1 Å². The Bertz CT molecular complexity index is 634. The van der Waals surface area contributed by atoms with Gasteiger partial charge in [-0.25, -0.2) is 4.98 Å². The number of ether oxygens (including phenoxy) is 1. The zero-order valence-corrected chi connectivity index (χ0v) is 13.5. The summed E-state index contributed by atoms with van der Waals surface area (Å²) in [4.78, 5) is 5.27. The fourth-order valence-corrected chi connectivity index (χ4v) is 3.07. The minimum Gasteiger partial charge on any atom is -0.486 e. The summed E-state index contributed by atoms with van der Waals surface area (Å²) in [6.45, 7) is 6.72. The van der Waals surface area contributed by atoms with E-state index in [9.17, 15) is 0 Å². The lowest BCUT2D eigenvalue weighted by Crippen LogP contribution is -2.11. The van der Waals surface area contributed by atoms with Crippen LogP contribution in [0.3, 0.4) is 0 Å². The van der Waals surface area contributed by atoms with Crippen molar-refractivity contribution in [3.8, 4) is 5.75 Å². The van der Waals surface area contributed by atoms with Crippen molar-refractivity contribution in [2.75, 3.05) is 0 Å². The van der Waals surface area contributed by atoms with Crippen LogP contribution in [-0.4, -0.2) is 10.8 Å². The van der Waals surface area contributed by atoms with Crippen LogP contribution in [0.5, 0.6) is 5.75 Å². The van der Waals surface area contributed by atoms with Gasteiger partial charge in [-0.15, -0.1) is 11.3 Å². The summed E-state index contributed by atoms with van der Waals surface area (Å²) in [6.07, 6.45) is 0.772. The molecular weight excluding hydrogens is 282 g/mol. The van der Waals surface area contributed by atoms with Gasteiger partial charge in [0.2, 0.25) is 0 Å². The van der Waals surface area contributed by atoms with Gasteiger partial charge in [-0.1, -0.05) is 39.0 Å². The molecule has 0 fully saturated rings. The maximum absolute atomic E-state index is 7.59. The summed E-state index contributed by atoms with van der Waals surface area (Å²) < 4.78 is 5.91. The zero-order valence-electron chi connectivity index (χ0n) is 12.6. The molecule has 0 bridgehead atoms. The molecule has 0 spiro atoms. The van der Waals surface area contributed by atoms with Crippen LogP contribution < -0.4 is 10.5 Å². The van der Waals surface area contributed by atoms with E-state index in [1.54, 1.807) is 0 Å². The highest BCUT2D eigenvalue weighted by Gasteiger charge is 2.13. The van der Waals surface area contributed by atoms with E-state index in [4.69, 9.17) is 15.9 Å². The molecule has 2 aromatic rings. The van der Waals surface area contributed by atoms with Gasteiger partial charge in [-0.05, 0) is 24.0 Å². The predicted octanol–water partition coefficient (Wildman–Crippen LogP) is 3.69. The fraction of sp³-hybridized carbons (Fsp3) is 0.375. The van der Waals surface area contributed by atoms with E-state index in [0.29, 0.717) is 12.5 Å². The number of aryl methyl sites for hydroxylation is 1. The fourth-order valence-electron chi connectivity index (χ4n) is 2.14. The number of rotatable bonds is 6. The molecule has 4 nitrogen and oxygen atoms in total. The summed E-state index contributed by atoms with van der Waals surface area (Å²) >= 11 is 1.44. The second-order valence-corrected chi connectivity index (χ2v) is 6.22. The average molecular weight is 303 g/mol. The lowest BCUT2D eigenvalue weighted by Gasteiger charge is -2.12. The number of nitrogens with two attached hydrogens (primary N) is 1. The summed E-state index contributed by atoms with van der Waals surface area (Å²) in [7, 11) is 0. The van der Waals surface area contributed by atoms with E-state index in [2.05, 4.69) is 24.9 Å². The van der Waals surface area contributed by atoms with Gasteiger partial charge in [-0.3, -0.25) is 5.41 Å². The van der Waals surface area contributed by atoms with Crippen molar-refractivity contribution >= 4 is 17.2 Å². The van der Waals surface area contributed by atoms with Crippen LogP contribution in [0.4, 0.5) is 0 Å². The first-order chi connectivity index (χ1) is 10.0. The number of nitrogens with one attached hydrogen (secondary N) is 1. The highest BCUT2D eigenvalue weighted by Crippen LogP contribution is 2.27. The molecule has 0 atom stereocenters. The molecule has 1 aromatic carbocycles. The maximum Gasteiger partial charge on any atom is 0.140 e. The lowest BCUT2D eigenvalue weighted by molar-refractivity contribution is 0.301. The van der Waals surface area contributed by atoms with E-state index in [-0.39, 0.29) is 5.84 Å². The number of aromatic nitrogens is 1. The van der Waals surface area contributed by atoms with Crippen molar-refractivity contribution in [3.63, 3.8) is 0 Å². The van der Waals surface area contributed by atoms with Gasteiger partial charge in [0, 0.05) is 0 Å². The average Bonchev–Trinajstić information content (AvgIpc) is 2.89. The molecule has 112 valence electrons. The van der Waals surface area contributed by atoms with Crippen molar-refractivity contribution in [2.45, 2.75) is 39.7 Å². The molecule has 1 aromatic heterocycles. The minimum atomic E-state index is 0.0816. The molecule has 1 heterocycles. The Morgan fingerprint density at radius 1 is 1.38 bits per heavy atom. The van der Waals surface area contributed by atoms with Crippen LogP contribution in [0, 0.1) is 5.41 Å². The highest BCUT2D eigenvalue weighted by molar-refractivity contribution is 7.13. The van der Waals surface area contributed by atoms with Crippen molar-refractivity contribution in [1.82, 2.24) is 4.98 Å². The molecule has 0 saturated carbocycles. The van der Waals surface area contributed by atoms with Crippen LogP contribution in [-0.2, 0) is 13.0 Å². The number of thiazole rings is 1. The summed E-state index contributed by atoms with van der Waals surface area (Å²) in [5.41, 5.74) is 7.66. The molecule has 0 aliphatic carbocycles. The van der Waals surface area contributed by atoms with Crippen molar-refractivity contribution in [1.29, 1.82) is 5.41 Å². The first-order valence-electron chi connectivity index (χ1n) is 7.07. The Balaban J connectivity index is 2.15. The number of hydrogen-bond acceptors (Lipinski definition) is 4. The molecule has 0 radical (unpaired) electrons. The Hall–Kier alpha value is -1.88. The standard InChI is InChI=1S/C16H21N3OS/c1-4-12-15(16(17)18)21-14(19-12)9-20-13-8-6-5-7-11(13)10(2)3/h5-8,10H,4,9H2,1-3H3,(H3,17,18). The van der Waals surface area contributed by atoms with E-state index >= 15 is 0 Å². The second kappa shape index (κ2) is 6.72. The molecule has 0 amide bonds. The molecule has 0 saturated heterocycles. The number of nitrogens with zero attached hydrogens (tertiary/aromatic N) is 1. The minimum absolute atomic E-state index is 0.0816. The van der Waals surface area contributed by atoms with Crippen molar-refractivity contribution in [2.24, 2.45) is 5.73 Å². The van der Waals surface area contributed by atoms with Gasteiger partial charge in [0.15, 0.2) is 0 Å². The highest BCUT2D eigenvalue weighted by atomic mass is 32.1. The van der Waals surface area contributed by atoms with Crippen LogP contribution >= 0.6 is 11.3 Å². The predicted molar refractivity (Wildman–Crippen MR) is 87.4 cm³/mol. The Kier molecular flexibility index (Phi) is 4.96. The smallest absolute Gasteiger partial charge is 0.140 e. The SMILES string of the molecule is CCc1nc(COc2ccccc2C(C)C)sc1C(=N)N. The zero-order chi connectivity index (χ0) is 15.4. The van der Waals surface area contributed by atoms with E-state index < -0.39 is 0 Å². The van der Waals surface area contributed by atoms with Crippen molar-refractivity contribution < 1.29 is 4.74 Å². The van der Waals surface area contributed by atoms with Gasteiger partial charge >= 0.3 is 0 Å².